The molecule has 0 nitrogen and oxygen atoms in total. The van der Waals surface area contributed by atoms with Crippen LogP contribution < -0.4 is 0 Å². The number of halogens is 9. The molecule has 2 aromatic carbocycles. The minimum Gasteiger partial charge on any atom is -0.200 e. The lowest BCUT2D eigenvalue weighted by Gasteiger charge is -2.35. The van der Waals surface area contributed by atoms with Gasteiger partial charge in [0.15, 0.2) is 0 Å². The van der Waals surface area contributed by atoms with Crippen LogP contribution in [0.1, 0.15) is 12.0 Å². The Bertz CT molecular complexity index is 732. The van der Waals surface area contributed by atoms with E-state index in [0.717, 1.165) is 0 Å². The first-order chi connectivity index (χ1) is 13.3. The van der Waals surface area contributed by atoms with Crippen molar-refractivity contribution in [1.29, 1.82) is 0 Å². The van der Waals surface area contributed by atoms with Gasteiger partial charge in [0, 0.05) is 16.6 Å². The van der Waals surface area contributed by atoms with Crippen molar-refractivity contribution in [3.8, 4) is 0 Å². The lowest BCUT2D eigenvalue weighted by atomic mass is 9.97. The molecule has 0 fully saturated rings. The predicted molar refractivity (Wildman–Crippen MR) is 91.7 cm³/mol. The normalized spacial score (nSPS) is 14.7. The summed E-state index contributed by atoms with van der Waals surface area (Å²) in [4.78, 5) is 0.384. The minimum absolute atomic E-state index is 0.232. The molecule has 160 valence electrons. The standard InChI is InChI=1S/C19H15F9S/c20-16(21,17(22,23)18(24,25)19(26,27)28)12-15(11-13-7-3-1-4-8-13)29-14-9-5-2-6-10-14/h1-10,15H,11-12H2. The number of rotatable bonds is 8. The Labute approximate surface area is 165 Å². The molecule has 0 radical (unpaired) electrons. The molecule has 2 rings (SSSR count). The van der Waals surface area contributed by atoms with Gasteiger partial charge < -0.3 is 0 Å². The average Bonchev–Trinajstić information content (AvgIpc) is 2.61. The Morgan fingerprint density at radius 2 is 1.14 bits per heavy atom. The van der Waals surface area contributed by atoms with E-state index in [9.17, 15) is 39.5 Å². The van der Waals surface area contributed by atoms with Gasteiger partial charge in [0.05, 0.1) is 0 Å². The summed E-state index contributed by atoms with van der Waals surface area (Å²) in [5.74, 6) is -19.1. The SMILES string of the molecule is FC(F)(F)C(F)(F)C(F)(F)C(F)(F)CC(Cc1ccccc1)Sc1ccccc1. The van der Waals surface area contributed by atoms with Crippen molar-refractivity contribution in [2.24, 2.45) is 0 Å². The van der Waals surface area contributed by atoms with E-state index in [0.29, 0.717) is 22.2 Å². The molecular formula is C19H15F9S. The highest BCUT2D eigenvalue weighted by molar-refractivity contribution is 8.00. The first-order valence-corrected chi connectivity index (χ1v) is 9.12. The maximum atomic E-state index is 14.1. The topological polar surface area (TPSA) is 0 Å². The Balaban J connectivity index is 2.32. The molecule has 1 atom stereocenters. The van der Waals surface area contributed by atoms with Gasteiger partial charge in [0.2, 0.25) is 0 Å². The molecule has 0 saturated heterocycles. The molecule has 2 aromatic rings. The third kappa shape index (κ3) is 5.21. The molecule has 0 aliphatic rings. The summed E-state index contributed by atoms with van der Waals surface area (Å²) >= 11 is 0.705. The van der Waals surface area contributed by atoms with Crippen LogP contribution in [0.4, 0.5) is 39.5 Å². The zero-order chi connectivity index (χ0) is 21.9. The fourth-order valence-corrected chi connectivity index (χ4v) is 3.81. The molecule has 0 aliphatic heterocycles. The summed E-state index contributed by atoms with van der Waals surface area (Å²) in [6, 6.07) is 15.5. The van der Waals surface area contributed by atoms with E-state index in [2.05, 4.69) is 0 Å². The number of alkyl halides is 9. The van der Waals surface area contributed by atoms with Crippen molar-refractivity contribution in [2.45, 2.75) is 46.9 Å². The van der Waals surface area contributed by atoms with Gasteiger partial charge in [-0.15, -0.1) is 11.8 Å². The van der Waals surface area contributed by atoms with Crippen LogP contribution in [0.2, 0.25) is 0 Å². The van der Waals surface area contributed by atoms with Crippen LogP contribution in [0.5, 0.6) is 0 Å². The highest BCUT2D eigenvalue weighted by Crippen LogP contribution is 2.55. The summed E-state index contributed by atoms with van der Waals surface area (Å²) in [5, 5.41) is -1.38. The second-order valence-electron chi connectivity index (χ2n) is 6.30. The van der Waals surface area contributed by atoms with E-state index in [4.69, 9.17) is 0 Å². The van der Waals surface area contributed by atoms with E-state index in [1.54, 1.807) is 36.4 Å². The number of thioether (sulfide) groups is 1. The van der Waals surface area contributed by atoms with Gasteiger partial charge in [-0.2, -0.15) is 39.5 Å². The van der Waals surface area contributed by atoms with Crippen LogP contribution in [0.3, 0.4) is 0 Å². The van der Waals surface area contributed by atoms with E-state index in [1.807, 2.05) is 0 Å². The monoisotopic (exact) mass is 446 g/mol. The zero-order valence-corrected chi connectivity index (χ0v) is 15.4. The van der Waals surface area contributed by atoms with Gasteiger partial charge in [0.1, 0.15) is 0 Å². The van der Waals surface area contributed by atoms with Gasteiger partial charge in [-0.05, 0) is 24.1 Å². The predicted octanol–water partition coefficient (Wildman–Crippen LogP) is 7.25. The van der Waals surface area contributed by atoms with Gasteiger partial charge in [-0.1, -0.05) is 48.5 Å². The Kier molecular flexibility index (Phi) is 6.86. The van der Waals surface area contributed by atoms with E-state index in [-0.39, 0.29) is 6.42 Å². The molecule has 0 aromatic heterocycles. The fourth-order valence-electron chi connectivity index (χ4n) is 2.55. The largest absolute Gasteiger partial charge is 0.460 e. The van der Waals surface area contributed by atoms with E-state index < -0.39 is 35.6 Å². The van der Waals surface area contributed by atoms with Gasteiger partial charge in [0.25, 0.3) is 0 Å². The molecule has 0 N–H and O–H groups in total. The smallest absolute Gasteiger partial charge is 0.200 e. The average molecular weight is 446 g/mol. The third-order valence-corrected chi connectivity index (χ3v) is 5.26. The van der Waals surface area contributed by atoms with Crippen molar-refractivity contribution in [3.63, 3.8) is 0 Å². The van der Waals surface area contributed by atoms with Crippen molar-refractivity contribution in [2.75, 3.05) is 0 Å². The lowest BCUT2D eigenvalue weighted by molar-refractivity contribution is -0.396. The van der Waals surface area contributed by atoms with Gasteiger partial charge in [-0.3, -0.25) is 0 Å². The summed E-state index contributed by atoms with van der Waals surface area (Å²) in [6.45, 7) is 0. The quantitative estimate of drug-likeness (QED) is 0.304. The lowest BCUT2D eigenvalue weighted by Crippen LogP contribution is -2.61. The Hall–Kier alpha value is -1.84. The van der Waals surface area contributed by atoms with Crippen LogP contribution >= 0.6 is 11.8 Å². The van der Waals surface area contributed by atoms with Crippen LogP contribution in [0, 0.1) is 0 Å². The van der Waals surface area contributed by atoms with Crippen molar-refractivity contribution >= 4 is 11.8 Å². The summed E-state index contributed by atoms with van der Waals surface area (Å²) in [6.07, 6.45) is -8.93. The highest BCUT2D eigenvalue weighted by Gasteiger charge is 2.81. The summed E-state index contributed by atoms with van der Waals surface area (Å²) in [7, 11) is 0. The minimum atomic E-state index is -6.88. The van der Waals surface area contributed by atoms with Crippen molar-refractivity contribution < 1.29 is 39.5 Å². The maximum Gasteiger partial charge on any atom is 0.460 e. The molecule has 0 aliphatic carbocycles. The Morgan fingerprint density at radius 1 is 0.655 bits per heavy atom. The van der Waals surface area contributed by atoms with Crippen molar-refractivity contribution in [1.82, 2.24) is 0 Å². The molecule has 1 unspecified atom stereocenters. The summed E-state index contributed by atoms with van der Waals surface area (Å²) < 4.78 is 119. The van der Waals surface area contributed by atoms with Crippen LogP contribution in [0.25, 0.3) is 0 Å². The van der Waals surface area contributed by atoms with Crippen molar-refractivity contribution in [3.05, 3.63) is 66.2 Å². The zero-order valence-electron chi connectivity index (χ0n) is 14.6. The Morgan fingerprint density at radius 3 is 1.62 bits per heavy atom. The molecule has 29 heavy (non-hydrogen) atoms. The van der Waals surface area contributed by atoms with E-state index >= 15 is 0 Å². The maximum absolute atomic E-state index is 14.1. The number of hydrogen-bond donors (Lipinski definition) is 0. The molecular weight excluding hydrogens is 431 g/mol. The number of hydrogen-bond acceptors (Lipinski definition) is 1. The van der Waals surface area contributed by atoms with Gasteiger partial charge >= 0.3 is 23.9 Å². The molecule has 0 saturated carbocycles. The molecule has 10 heteroatoms. The fraction of sp³-hybridized carbons (Fsp3) is 0.368. The van der Waals surface area contributed by atoms with Crippen LogP contribution in [-0.2, 0) is 6.42 Å². The van der Waals surface area contributed by atoms with Gasteiger partial charge in [-0.25, -0.2) is 0 Å². The second-order valence-corrected chi connectivity index (χ2v) is 7.67. The van der Waals surface area contributed by atoms with Crippen LogP contribution in [0.15, 0.2) is 65.6 Å². The highest BCUT2D eigenvalue weighted by atomic mass is 32.2. The summed E-state index contributed by atoms with van der Waals surface area (Å²) in [5.41, 5.74) is 0.447. The van der Waals surface area contributed by atoms with Crippen LogP contribution in [-0.4, -0.2) is 29.2 Å². The second kappa shape index (κ2) is 8.49. The number of benzene rings is 2. The first kappa shape index (κ1) is 23.4. The molecule has 0 heterocycles. The first-order valence-electron chi connectivity index (χ1n) is 8.24. The molecule has 0 bridgehead atoms. The van der Waals surface area contributed by atoms with E-state index in [1.165, 1.54) is 24.3 Å². The third-order valence-electron chi connectivity index (χ3n) is 4.05. The molecule has 0 amide bonds. The molecule has 0 spiro atoms.